The van der Waals surface area contributed by atoms with E-state index < -0.39 is 0 Å². The van der Waals surface area contributed by atoms with Gasteiger partial charge in [-0.3, -0.25) is 0 Å². The van der Waals surface area contributed by atoms with Crippen molar-refractivity contribution in [1.29, 1.82) is 0 Å². The summed E-state index contributed by atoms with van der Waals surface area (Å²) in [7, 11) is 0. The van der Waals surface area contributed by atoms with Crippen LogP contribution in [0.4, 0.5) is 0 Å². The lowest BCUT2D eigenvalue weighted by Crippen LogP contribution is -2.29. The molecule has 0 bridgehead atoms. The molecule has 4 unspecified atom stereocenters. The van der Waals surface area contributed by atoms with Gasteiger partial charge in [-0.15, -0.1) is 0 Å². The van der Waals surface area contributed by atoms with Crippen LogP contribution in [-0.2, 0) is 0 Å². The van der Waals surface area contributed by atoms with Crippen LogP contribution in [0, 0.1) is 0 Å². The SMILES string of the molecule is BrC1CCCCC1SC1CCC(SC2CCCCC2Br)CC1. The fourth-order valence-corrected chi connectivity index (χ4v) is 9.43. The first-order valence-corrected chi connectivity index (χ1v) is 13.0. The lowest BCUT2D eigenvalue weighted by molar-refractivity contribution is 0.501. The number of hydrogen-bond donors (Lipinski definition) is 0. The Balaban J connectivity index is 1.38. The van der Waals surface area contributed by atoms with E-state index in [0.29, 0.717) is 0 Å². The zero-order valence-corrected chi connectivity index (χ0v) is 18.3. The molecule has 22 heavy (non-hydrogen) atoms. The third-order valence-corrected chi connectivity index (χ3v) is 12.0. The zero-order valence-electron chi connectivity index (χ0n) is 13.5. The molecule has 0 heterocycles. The zero-order chi connectivity index (χ0) is 15.4. The second-order valence-electron chi connectivity index (χ2n) is 7.35. The molecule has 3 rings (SSSR count). The number of rotatable bonds is 4. The summed E-state index contributed by atoms with van der Waals surface area (Å²) in [6, 6.07) is 0. The van der Waals surface area contributed by atoms with Gasteiger partial charge in [0, 0.05) is 30.7 Å². The fourth-order valence-electron chi connectivity index (χ4n) is 4.21. The summed E-state index contributed by atoms with van der Waals surface area (Å²) in [5.74, 6) is 0. The third-order valence-electron chi connectivity index (χ3n) is 5.60. The lowest BCUT2D eigenvalue weighted by atomic mass is 9.99. The standard InChI is InChI=1S/C18H30Br2S2/c19-15-5-1-3-7-17(15)21-13-9-11-14(12-10-13)22-18-8-4-2-6-16(18)20/h13-18H,1-12H2. The molecule has 0 N–H and O–H groups in total. The molecule has 3 aliphatic carbocycles. The van der Waals surface area contributed by atoms with E-state index in [0.717, 1.165) is 30.7 Å². The molecule has 0 spiro atoms. The van der Waals surface area contributed by atoms with E-state index >= 15 is 0 Å². The largest absolute Gasteiger partial charge is 0.154 e. The highest BCUT2D eigenvalue weighted by atomic mass is 79.9. The highest BCUT2D eigenvalue weighted by Crippen LogP contribution is 2.44. The summed E-state index contributed by atoms with van der Waals surface area (Å²) < 4.78 is 0. The molecule has 128 valence electrons. The van der Waals surface area contributed by atoms with Crippen molar-refractivity contribution in [3.63, 3.8) is 0 Å². The monoisotopic (exact) mass is 468 g/mol. The quantitative estimate of drug-likeness (QED) is 0.400. The minimum atomic E-state index is 0.787. The molecule has 4 heteroatoms. The molecule has 0 aromatic heterocycles. The Morgan fingerprint density at radius 3 is 1.23 bits per heavy atom. The summed E-state index contributed by atoms with van der Waals surface area (Å²) in [6.45, 7) is 0. The maximum absolute atomic E-state index is 3.94. The van der Waals surface area contributed by atoms with Gasteiger partial charge in [0.1, 0.15) is 0 Å². The molecule has 0 aromatic rings. The molecule has 0 saturated heterocycles. The van der Waals surface area contributed by atoms with Gasteiger partial charge in [0.05, 0.1) is 0 Å². The Morgan fingerprint density at radius 2 is 0.864 bits per heavy atom. The molecular weight excluding hydrogens is 440 g/mol. The summed E-state index contributed by atoms with van der Waals surface area (Å²) in [5.41, 5.74) is 0. The van der Waals surface area contributed by atoms with E-state index in [1.165, 1.54) is 77.0 Å². The molecular formula is C18H30Br2S2. The maximum Gasteiger partial charge on any atom is 0.0264 e. The van der Waals surface area contributed by atoms with Crippen molar-refractivity contribution < 1.29 is 0 Å². The van der Waals surface area contributed by atoms with Crippen LogP contribution in [-0.4, -0.2) is 30.7 Å². The van der Waals surface area contributed by atoms with Gasteiger partial charge in [-0.05, 0) is 51.4 Å². The predicted molar refractivity (Wildman–Crippen MR) is 111 cm³/mol. The van der Waals surface area contributed by atoms with Crippen molar-refractivity contribution in [1.82, 2.24) is 0 Å². The van der Waals surface area contributed by atoms with Gasteiger partial charge in [-0.1, -0.05) is 57.5 Å². The van der Waals surface area contributed by atoms with Crippen molar-refractivity contribution in [2.24, 2.45) is 0 Å². The van der Waals surface area contributed by atoms with Crippen molar-refractivity contribution in [3.05, 3.63) is 0 Å². The van der Waals surface area contributed by atoms with E-state index in [2.05, 4.69) is 55.4 Å². The van der Waals surface area contributed by atoms with Crippen LogP contribution in [0.15, 0.2) is 0 Å². The van der Waals surface area contributed by atoms with Gasteiger partial charge < -0.3 is 0 Å². The fraction of sp³-hybridized carbons (Fsp3) is 1.00. The molecule has 4 atom stereocenters. The van der Waals surface area contributed by atoms with E-state index in [4.69, 9.17) is 0 Å². The smallest absolute Gasteiger partial charge is 0.0264 e. The first-order chi connectivity index (χ1) is 10.7. The maximum atomic E-state index is 3.94. The average Bonchev–Trinajstić information content (AvgIpc) is 2.54. The molecule has 3 aliphatic rings. The molecule has 3 fully saturated rings. The molecule has 3 saturated carbocycles. The van der Waals surface area contributed by atoms with Crippen molar-refractivity contribution in [2.45, 2.75) is 108 Å². The predicted octanol–water partition coefficient (Wildman–Crippen LogP) is 7.18. The van der Waals surface area contributed by atoms with Gasteiger partial charge >= 0.3 is 0 Å². The Morgan fingerprint density at radius 1 is 0.500 bits per heavy atom. The molecule has 0 aromatic carbocycles. The molecule has 0 amide bonds. The summed E-state index contributed by atoms with van der Waals surface area (Å²) >= 11 is 12.5. The van der Waals surface area contributed by atoms with Gasteiger partial charge in [0.15, 0.2) is 0 Å². The van der Waals surface area contributed by atoms with E-state index in [1.807, 2.05) is 0 Å². The van der Waals surface area contributed by atoms with Crippen LogP contribution in [0.25, 0.3) is 0 Å². The average molecular weight is 470 g/mol. The van der Waals surface area contributed by atoms with Crippen molar-refractivity contribution in [3.8, 4) is 0 Å². The Kier molecular flexibility index (Phi) is 7.87. The van der Waals surface area contributed by atoms with E-state index in [-0.39, 0.29) is 0 Å². The first kappa shape index (κ1) is 18.5. The van der Waals surface area contributed by atoms with Gasteiger partial charge in [-0.2, -0.15) is 23.5 Å². The van der Waals surface area contributed by atoms with Crippen molar-refractivity contribution in [2.75, 3.05) is 0 Å². The van der Waals surface area contributed by atoms with Gasteiger partial charge in [-0.25, -0.2) is 0 Å². The molecule has 0 nitrogen and oxygen atoms in total. The Bertz CT molecular complexity index is 299. The number of hydrogen-bond acceptors (Lipinski definition) is 2. The third kappa shape index (κ3) is 5.33. The first-order valence-electron chi connectivity index (χ1n) is 9.31. The number of halogens is 2. The summed E-state index contributed by atoms with van der Waals surface area (Å²) in [4.78, 5) is 1.57. The summed E-state index contributed by atoms with van der Waals surface area (Å²) in [6.07, 6.45) is 17.4. The van der Waals surface area contributed by atoms with Gasteiger partial charge in [0.2, 0.25) is 0 Å². The van der Waals surface area contributed by atoms with E-state index in [9.17, 15) is 0 Å². The number of alkyl halides is 2. The second-order valence-corrected chi connectivity index (χ2v) is 12.8. The highest BCUT2D eigenvalue weighted by molar-refractivity contribution is 9.09. The van der Waals surface area contributed by atoms with Crippen LogP contribution in [0.3, 0.4) is 0 Å². The molecule has 0 aliphatic heterocycles. The highest BCUT2D eigenvalue weighted by Gasteiger charge is 2.31. The van der Waals surface area contributed by atoms with Crippen LogP contribution in [0.1, 0.15) is 77.0 Å². The minimum absolute atomic E-state index is 0.787. The van der Waals surface area contributed by atoms with Crippen LogP contribution in [0.2, 0.25) is 0 Å². The van der Waals surface area contributed by atoms with Crippen LogP contribution in [0.5, 0.6) is 0 Å². The summed E-state index contributed by atoms with van der Waals surface area (Å²) in [5, 5.41) is 3.69. The minimum Gasteiger partial charge on any atom is -0.154 e. The lowest BCUT2D eigenvalue weighted by Gasteiger charge is -2.36. The van der Waals surface area contributed by atoms with Crippen LogP contribution >= 0.6 is 55.4 Å². The van der Waals surface area contributed by atoms with Crippen molar-refractivity contribution >= 4 is 55.4 Å². The normalized spacial score (nSPS) is 43.9. The van der Waals surface area contributed by atoms with Gasteiger partial charge in [0.25, 0.3) is 0 Å². The number of thioether (sulfide) groups is 2. The van der Waals surface area contributed by atoms with Crippen LogP contribution < -0.4 is 0 Å². The Labute approximate surface area is 162 Å². The topological polar surface area (TPSA) is 0 Å². The molecule has 0 radical (unpaired) electrons. The Hall–Kier alpha value is 1.66. The second kappa shape index (κ2) is 9.38. The van der Waals surface area contributed by atoms with E-state index in [1.54, 1.807) is 0 Å².